The fourth-order valence-corrected chi connectivity index (χ4v) is 2.34. The Hall–Kier alpha value is -1.55. The Morgan fingerprint density at radius 2 is 1.95 bits per heavy atom. The van der Waals surface area contributed by atoms with Crippen molar-refractivity contribution in [2.24, 2.45) is 0 Å². The summed E-state index contributed by atoms with van der Waals surface area (Å²) in [7, 11) is 4.08. The predicted octanol–water partition coefficient (Wildman–Crippen LogP) is 1.37. The summed E-state index contributed by atoms with van der Waals surface area (Å²) in [5.41, 5.74) is 7.23. The number of carbonyl (C=O) groups excluding carboxylic acids is 1. The number of anilines is 1. The Bertz CT molecular complexity index is 435. The maximum Gasteiger partial charge on any atom is 0.230 e. The molecule has 0 atom stereocenters. The molecule has 0 aromatic heterocycles. The highest BCUT2D eigenvalue weighted by Crippen LogP contribution is 2.48. The van der Waals surface area contributed by atoms with Crippen molar-refractivity contribution in [3.63, 3.8) is 0 Å². The van der Waals surface area contributed by atoms with Gasteiger partial charge in [0.05, 0.1) is 5.41 Å². The third kappa shape index (κ3) is 3.26. The van der Waals surface area contributed by atoms with Crippen molar-refractivity contribution in [3.8, 4) is 0 Å². The molecule has 0 unspecified atom stereocenters. The number of benzene rings is 1. The molecule has 1 aliphatic rings. The smallest absolute Gasteiger partial charge is 0.230 e. The zero-order valence-corrected chi connectivity index (χ0v) is 11.8. The first kappa shape index (κ1) is 13.9. The van der Waals surface area contributed by atoms with Gasteiger partial charge in [0, 0.05) is 12.2 Å². The number of nitrogens with one attached hydrogen (secondary N) is 1. The van der Waals surface area contributed by atoms with Crippen LogP contribution in [0.5, 0.6) is 0 Å². The molecule has 19 heavy (non-hydrogen) atoms. The van der Waals surface area contributed by atoms with Crippen LogP contribution in [0.2, 0.25) is 0 Å². The van der Waals surface area contributed by atoms with E-state index in [1.807, 2.05) is 38.4 Å². The predicted molar refractivity (Wildman–Crippen MR) is 77.9 cm³/mol. The largest absolute Gasteiger partial charge is 0.399 e. The molecule has 0 bridgehead atoms. The van der Waals surface area contributed by atoms with Crippen molar-refractivity contribution in [3.05, 3.63) is 29.8 Å². The molecule has 0 saturated heterocycles. The summed E-state index contributed by atoms with van der Waals surface area (Å²) in [6, 6.07) is 7.69. The fraction of sp³-hybridized carbons (Fsp3) is 0.533. The summed E-state index contributed by atoms with van der Waals surface area (Å²) in [6.45, 7) is 1.74. The Morgan fingerprint density at radius 3 is 2.47 bits per heavy atom. The number of rotatable bonds is 6. The average molecular weight is 261 g/mol. The van der Waals surface area contributed by atoms with Gasteiger partial charge in [0.2, 0.25) is 5.91 Å². The van der Waals surface area contributed by atoms with Crippen LogP contribution in [0.25, 0.3) is 0 Å². The van der Waals surface area contributed by atoms with Crippen molar-refractivity contribution < 1.29 is 4.79 Å². The fourth-order valence-electron chi connectivity index (χ4n) is 2.34. The standard InChI is InChI=1S/C15H23N3O/c1-18(2)11-3-10-17-14(19)15(8-9-15)12-4-6-13(16)7-5-12/h4-7H,3,8-11,16H2,1-2H3,(H,17,19). The highest BCUT2D eigenvalue weighted by Gasteiger charge is 2.50. The van der Waals surface area contributed by atoms with E-state index in [1.165, 1.54) is 0 Å². The summed E-state index contributed by atoms with van der Waals surface area (Å²) in [5.74, 6) is 0.163. The van der Waals surface area contributed by atoms with E-state index in [-0.39, 0.29) is 11.3 Å². The van der Waals surface area contributed by atoms with Gasteiger partial charge >= 0.3 is 0 Å². The Kier molecular flexibility index (Phi) is 4.10. The zero-order chi connectivity index (χ0) is 13.9. The lowest BCUT2D eigenvalue weighted by atomic mass is 9.95. The number of hydrogen-bond acceptors (Lipinski definition) is 3. The number of amides is 1. The summed E-state index contributed by atoms with van der Waals surface area (Å²) in [5, 5.41) is 3.06. The van der Waals surface area contributed by atoms with Crippen LogP contribution in [0.3, 0.4) is 0 Å². The van der Waals surface area contributed by atoms with Gasteiger partial charge in [-0.25, -0.2) is 0 Å². The molecule has 1 aliphatic carbocycles. The van der Waals surface area contributed by atoms with E-state index >= 15 is 0 Å². The van der Waals surface area contributed by atoms with Crippen molar-refractivity contribution in [1.82, 2.24) is 10.2 Å². The second kappa shape index (κ2) is 5.61. The van der Waals surface area contributed by atoms with Crippen LogP contribution >= 0.6 is 0 Å². The van der Waals surface area contributed by atoms with Crippen LogP contribution in [0.4, 0.5) is 5.69 Å². The lowest BCUT2D eigenvalue weighted by molar-refractivity contribution is -0.123. The zero-order valence-electron chi connectivity index (χ0n) is 11.8. The molecule has 1 aromatic carbocycles. The summed E-state index contributed by atoms with van der Waals surface area (Å²) in [6.07, 6.45) is 2.86. The van der Waals surface area contributed by atoms with E-state index in [2.05, 4.69) is 10.2 Å². The molecule has 4 nitrogen and oxygen atoms in total. The number of hydrogen-bond donors (Lipinski definition) is 2. The van der Waals surface area contributed by atoms with Crippen molar-refractivity contribution in [2.45, 2.75) is 24.7 Å². The minimum Gasteiger partial charge on any atom is -0.399 e. The number of nitrogens with zero attached hydrogens (tertiary/aromatic N) is 1. The second-order valence-corrected chi connectivity index (χ2v) is 5.62. The lowest BCUT2D eigenvalue weighted by Gasteiger charge is -2.16. The average Bonchev–Trinajstić information content (AvgIpc) is 3.16. The van der Waals surface area contributed by atoms with Gasteiger partial charge in [-0.15, -0.1) is 0 Å². The number of nitrogens with two attached hydrogens (primary N) is 1. The second-order valence-electron chi connectivity index (χ2n) is 5.62. The van der Waals surface area contributed by atoms with E-state index < -0.39 is 0 Å². The first-order valence-electron chi connectivity index (χ1n) is 6.84. The molecule has 0 spiro atoms. The van der Waals surface area contributed by atoms with Crippen LogP contribution in [-0.4, -0.2) is 38.0 Å². The number of carbonyl (C=O) groups is 1. The van der Waals surface area contributed by atoms with Gasteiger partial charge in [-0.1, -0.05) is 12.1 Å². The van der Waals surface area contributed by atoms with Crippen LogP contribution < -0.4 is 11.1 Å². The normalized spacial score (nSPS) is 16.4. The van der Waals surface area contributed by atoms with Crippen molar-refractivity contribution in [2.75, 3.05) is 32.9 Å². The van der Waals surface area contributed by atoms with Crippen molar-refractivity contribution in [1.29, 1.82) is 0 Å². The third-order valence-corrected chi connectivity index (χ3v) is 3.72. The molecule has 1 saturated carbocycles. The van der Waals surface area contributed by atoms with Gasteiger partial charge in [-0.3, -0.25) is 4.79 Å². The summed E-state index contributed by atoms with van der Waals surface area (Å²) < 4.78 is 0. The van der Waals surface area contributed by atoms with Crippen LogP contribution in [0, 0.1) is 0 Å². The third-order valence-electron chi connectivity index (χ3n) is 3.72. The minimum absolute atomic E-state index is 0.163. The lowest BCUT2D eigenvalue weighted by Crippen LogP contribution is -2.36. The Morgan fingerprint density at radius 1 is 1.32 bits per heavy atom. The molecule has 104 valence electrons. The highest BCUT2D eigenvalue weighted by atomic mass is 16.2. The molecule has 4 heteroatoms. The van der Waals surface area contributed by atoms with Gasteiger partial charge in [0.1, 0.15) is 0 Å². The van der Waals surface area contributed by atoms with Gasteiger partial charge < -0.3 is 16.0 Å². The van der Waals surface area contributed by atoms with Gasteiger partial charge in [0.15, 0.2) is 0 Å². The molecule has 2 rings (SSSR count). The van der Waals surface area contributed by atoms with E-state index in [0.717, 1.165) is 43.6 Å². The van der Waals surface area contributed by atoms with E-state index in [9.17, 15) is 4.79 Å². The quantitative estimate of drug-likeness (QED) is 0.600. The molecular weight excluding hydrogens is 238 g/mol. The van der Waals surface area contributed by atoms with E-state index in [0.29, 0.717) is 0 Å². The molecule has 0 aliphatic heterocycles. The highest BCUT2D eigenvalue weighted by molar-refractivity contribution is 5.91. The van der Waals surface area contributed by atoms with E-state index in [1.54, 1.807) is 0 Å². The van der Waals surface area contributed by atoms with E-state index in [4.69, 9.17) is 5.73 Å². The minimum atomic E-state index is -0.286. The maximum absolute atomic E-state index is 12.3. The molecule has 1 amide bonds. The molecule has 1 aromatic rings. The molecule has 3 N–H and O–H groups in total. The summed E-state index contributed by atoms with van der Waals surface area (Å²) in [4.78, 5) is 14.4. The number of nitrogen functional groups attached to an aromatic ring is 1. The van der Waals surface area contributed by atoms with Gasteiger partial charge in [-0.05, 0) is 57.6 Å². The van der Waals surface area contributed by atoms with Crippen LogP contribution in [0.15, 0.2) is 24.3 Å². The first-order chi connectivity index (χ1) is 9.04. The topological polar surface area (TPSA) is 58.4 Å². The SMILES string of the molecule is CN(C)CCCNC(=O)C1(c2ccc(N)cc2)CC1. The molecule has 0 radical (unpaired) electrons. The van der Waals surface area contributed by atoms with Crippen LogP contribution in [0.1, 0.15) is 24.8 Å². The monoisotopic (exact) mass is 261 g/mol. The Balaban J connectivity index is 1.89. The molecule has 0 heterocycles. The molecule has 1 fully saturated rings. The Labute approximate surface area is 115 Å². The van der Waals surface area contributed by atoms with Crippen LogP contribution in [-0.2, 0) is 10.2 Å². The molecular formula is C15H23N3O. The van der Waals surface area contributed by atoms with Gasteiger partial charge in [0.25, 0.3) is 0 Å². The maximum atomic E-state index is 12.3. The van der Waals surface area contributed by atoms with Gasteiger partial charge in [-0.2, -0.15) is 0 Å². The summed E-state index contributed by atoms with van der Waals surface area (Å²) >= 11 is 0. The van der Waals surface area contributed by atoms with Crippen molar-refractivity contribution >= 4 is 11.6 Å². The first-order valence-corrected chi connectivity index (χ1v) is 6.84.